The van der Waals surface area contributed by atoms with Crippen LogP contribution in [-0.2, 0) is 4.74 Å². The molecule has 0 bridgehead atoms. The third-order valence-corrected chi connectivity index (χ3v) is 5.71. The highest BCUT2D eigenvalue weighted by Gasteiger charge is 2.39. The average Bonchev–Trinajstić information content (AvgIpc) is 2.65. The number of hydrogen-bond donors (Lipinski definition) is 0. The van der Waals surface area contributed by atoms with Crippen LogP contribution in [0.1, 0.15) is 43.5 Å². The molecule has 1 aliphatic carbocycles. The lowest BCUT2D eigenvalue weighted by molar-refractivity contribution is -0.384. The van der Waals surface area contributed by atoms with Gasteiger partial charge in [-0.2, -0.15) is 0 Å². The molecule has 1 fully saturated rings. The van der Waals surface area contributed by atoms with Gasteiger partial charge in [-0.3, -0.25) is 10.1 Å². The molecule has 5 heteroatoms. The van der Waals surface area contributed by atoms with Crippen LogP contribution in [0.2, 0.25) is 0 Å². The van der Waals surface area contributed by atoms with Crippen molar-refractivity contribution < 1.29 is 14.5 Å². The van der Waals surface area contributed by atoms with Gasteiger partial charge < -0.3 is 4.74 Å². The number of carbonyl (C=O) groups is 1. The van der Waals surface area contributed by atoms with E-state index in [-0.39, 0.29) is 29.2 Å². The van der Waals surface area contributed by atoms with E-state index in [2.05, 4.69) is 33.6 Å². The third kappa shape index (κ3) is 4.73. The maximum absolute atomic E-state index is 12.2. The molecule has 27 heavy (non-hydrogen) atoms. The molecule has 0 saturated heterocycles. The predicted octanol–water partition coefficient (Wildman–Crippen LogP) is 5.49. The Labute approximate surface area is 160 Å². The Morgan fingerprint density at radius 3 is 2.52 bits per heavy atom. The number of allylic oxidation sites excluding steroid dienone is 2. The summed E-state index contributed by atoms with van der Waals surface area (Å²) in [7, 11) is 0. The summed E-state index contributed by atoms with van der Waals surface area (Å²) in [6.45, 7) is 16.6. The summed E-state index contributed by atoms with van der Waals surface area (Å²) in [5, 5.41) is 10.7. The van der Waals surface area contributed by atoms with Crippen molar-refractivity contribution in [2.24, 2.45) is 17.3 Å². The molecule has 0 aliphatic heterocycles. The van der Waals surface area contributed by atoms with Crippen LogP contribution in [0.3, 0.4) is 0 Å². The predicted molar refractivity (Wildman–Crippen MR) is 106 cm³/mol. The molecular formula is C22H27NO4. The molecule has 0 heterocycles. The molecule has 3 atom stereocenters. The van der Waals surface area contributed by atoms with Gasteiger partial charge in [-0.05, 0) is 61.1 Å². The van der Waals surface area contributed by atoms with Crippen molar-refractivity contribution in [2.45, 2.75) is 33.1 Å². The first kappa shape index (κ1) is 20.6. The fourth-order valence-electron chi connectivity index (χ4n) is 3.72. The maximum atomic E-state index is 12.2. The van der Waals surface area contributed by atoms with E-state index < -0.39 is 10.9 Å². The van der Waals surface area contributed by atoms with Gasteiger partial charge >= 0.3 is 5.97 Å². The Balaban J connectivity index is 2.03. The number of nitro benzene ring substituents is 1. The van der Waals surface area contributed by atoms with Crippen LogP contribution in [0.15, 0.2) is 61.2 Å². The topological polar surface area (TPSA) is 69.4 Å². The van der Waals surface area contributed by atoms with Crippen LogP contribution < -0.4 is 0 Å². The number of carbonyl (C=O) groups excluding carboxylic acids is 1. The molecule has 2 rings (SSSR count). The molecule has 0 unspecified atom stereocenters. The quantitative estimate of drug-likeness (QED) is 0.276. The Hall–Kier alpha value is -2.69. The normalized spacial score (nSPS) is 24.7. The van der Waals surface area contributed by atoms with E-state index in [1.807, 2.05) is 6.08 Å². The second-order valence-electron chi connectivity index (χ2n) is 7.62. The number of nitro groups is 1. The molecular weight excluding hydrogens is 342 g/mol. The lowest BCUT2D eigenvalue weighted by atomic mass is 9.61. The van der Waals surface area contributed by atoms with Gasteiger partial charge in [-0.15, -0.1) is 6.58 Å². The zero-order valence-corrected chi connectivity index (χ0v) is 16.1. The fourth-order valence-corrected chi connectivity index (χ4v) is 3.72. The summed E-state index contributed by atoms with van der Waals surface area (Å²) in [6, 6.07) is 5.38. The first-order valence-corrected chi connectivity index (χ1v) is 9.06. The number of non-ortho nitro benzene ring substituents is 1. The second-order valence-corrected chi connectivity index (χ2v) is 7.62. The summed E-state index contributed by atoms with van der Waals surface area (Å²) in [6.07, 6.45) is 4.97. The van der Waals surface area contributed by atoms with Gasteiger partial charge in [0.25, 0.3) is 5.69 Å². The van der Waals surface area contributed by atoms with Gasteiger partial charge in [0.1, 0.15) is 6.61 Å². The van der Waals surface area contributed by atoms with Gasteiger partial charge in [0.05, 0.1) is 10.5 Å². The van der Waals surface area contributed by atoms with Crippen LogP contribution in [0.5, 0.6) is 0 Å². The van der Waals surface area contributed by atoms with E-state index in [4.69, 9.17) is 4.74 Å². The third-order valence-electron chi connectivity index (χ3n) is 5.71. The van der Waals surface area contributed by atoms with Crippen LogP contribution >= 0.6 is 0 Å². The van der Waals surface area contributed by atoms with Crippen molar-refractivity contribution >= 4 is 11.7 Å². The van der Waals surface area contributed by atoms with E-state index in [0.29, 0.717) is 5.92 Å². The molecule has 0 aromatic heterocycles. The number of hydrogen-bond acceptors (Lipinski definition) is 4. The van der Waals surface area contributed by atoms with Crippen molar-refractivity contribution in [1.29, 1.82) is 0 Å². The molecule has 144 valence electrons. The minimum absolute atomic E-state index is 0.0641. The zero-order valence-electron chi connectivity index (χ0n) is 16.1. The minimum atomic E-state index is -0.515. The summed E-state index contributed by atoms with van der Waals surface area (Å²) in [5.41, 5.74) is 2.16. The van der Waals surface area contributed by atoms with Crippen molar-refractivity contribution in [2.75, 3.05) is 6.61 Å². The van der Waals surface area contributed by atoms with Gasteiger partial charge in [0.2, 0.25) is 0 Å². The van der Waals surface area contributed by atoms with E-state index in [0.717, 1.165) is 24.8 Å². The highest BCUT2D eigenvalue weighted by atomic mass is 16.6. The standard InChI is InChI=1S/C22H27NO4/c1-6-22(5)12-11-18(15(2)3)13-20(22)16(4)14-27-21(24)17-7-9-19(10-8-17)23(25)26/h6-10,18,20H,1-2,4,11-14H2,3,5H3/t18-,20+,22-/m1/s1. The minimum Gasteiger partial charge on any atom is -0.458 e. The monoisotopic (exact) mass is 369 g/mol. The van der Waals surface area contributed by atoms with Crippen LogP contribution in [0.25, 0.3) is 0 Å². The fraction of sp³-hybridized carbons (Fsp3) is 0.409. The van der Waals surface area contributed by atoms with Gasteiger partial charge in [0, 0.05) is 12.1 Å². The average molecular weight is 369 g/mol. The van der Waals surface area contributed by atoms with Crippen molar-refractivity contribution in [3.63, 3.8) is 0 Å². The van der Waals surface area contributed by atoms with Crippen molar-refractivity contribution in [1.82, 2.24) is 0 Å². The smallest absolute Gasteiger partial charge is 0.338 e. The van der Waals surface area contributed by atoms with E-state index in [1.165, 1.54) is 29.8 Å². The van der Waals surface area contributed by atoms with Gasteiger partial charge in [0.15, 0.2) is 0 Å². The van der Waals surface area contributed by atoms with Gasteiger partial charge in [-0.25, -0.2) is 4.79 Å². The lowest BCUT2D eigenvalue weighted by Crippen LogP contribution is -2.35. The summed E-state index contributed by atoms with van der Waals surface area (Å²) < 4.78 is 5.41. The maximum Gasteiger partial charge on any atom is 0.338 e. The number of ether oxygens (including phenoxy) is 1. The molecule has 1 aliphatic rings. The molecule has 0 spiro atoms. The van der Waals surface area contributed by atoms with Gasteiger partial charge in [-0.1, -0.05) is 31.7 Å². The summed E-state index contributed by atoms with van der Waals surface area (Å²) in [4.78, 5) is 22.4. The Morgan fingerprint density at radius 1 is 1.37 bits per heavy atom. The summed E-state index contributed by atoms with van der Waals surface area (Å²) in [5.74, 6) is 0.0823. The number of rotatable bonds is 7. The molecule has 5 nitrogen and oxygen atoms in total. The SMILES string of the molecule is C=C[C@]1(C)CC[C@@H](C(=C)C)C[C@H]1C(=C)COC(=O)c1ccc([N+](=O)[O-])cc1. The van der Waals surface area contributed by atoms with E-state index in [9.17, 15) is 14.9 Å². The molecule has 0 N–H and O–H groups in total. The number of benzene rings is 1. The largest absolute Gasteiger partial charge is 0.458 e. The molecule has 0 radical (unpaired) electrons. The molecule has 1 aromatic rings. The summed E-state index contributed by atoms with van der Waals surface area (Å²) >= 11 is 0. The Bertz CT molecular complexity index is 765. The molecule has 0 amide bonds. The van der Waals surface area contributed by atoms with Crippen molar-refractivity contribution in [3.8, 4) is 0 Å². The van der Waals surface area contributed by atoms with E-state index in [1.54, 1.807) is 0 Å². The second kappa shape index (κ2) is 8.33. The van der Waals surface area contributed by atoms with Crippen LogP contribution in [-0.4, -0.2) is 17.5 Å². The van der Waals surface area contributed by atoms with Crippen molar-refractivity contribution in [3.05, 3.63) is 76.9 Å². The number of nitrogens with zero attached hydrogens (tertiary/aromatic N) is 1. The van der Waals surface area contributed by atoms with E-state index >= 15 is 0 Å². The first-order valence-electron chi connectivity index (χ1n) is 9.06. The van der Waals surface area contributed by atoms with Crippen LogP contribution in [0, 0.1) is 27.4 Å². The lowest BCUT2D eigenvalue weighted by Gasteiger charge is -2.44. The zero-order chi connectivity index (χ0) is 20.2. The number of esters is 1. The van der Waals surface area contributed by atoms with Crippen LogP contribution in [0.4, 0.5) is 5.69 Å². The Morgan fingerprint density at radius 2 is 2.00 bits per heavy atom. The first-order chi connectivity index (χ1) is 12.7. The Kier molecular flexibility index (Phi) is 6.37. The highest BCUT2D eigenvalue weighted by Crippen LogP contribution is 2.48. The molecule has 1 saturated carbocycles. The highest BCUT2D eigenvalue weighted by molar-refractivity contribution is 5.89. The molecule has 1 aromatic carbocycles.